The molecule has 0 saturated carbocycles. The number of carbonyl (C=O) groups is 1. The van der Waals surface area contributed by atoms with E-state index in [1.165, 1.54) is 0 Å². The fourth-order valence-electron chi connectivity index (χ4n) is 2.32. The van der Waals surface area contributed by atoms with Crippen molar-refractivity contribution in [3.8, 4) is 5.82 Å². The molecule has 124 valence electrons. The van der Waals surface area contributed by atoms with Gasteiger partial charge in [0.2, 0.25) is 0 Å². The summed E-state index contributed by atoms with van der Waals surface area (Å²) in [5.74, 6) is 0.0628. The van der Waals surface area contributed by atoms with Crippen LogP contribution in [0.5, 0.6) is 0 Å². The van der Waals surface area contributed by atoms with Gasteiger partial charge in [-0.3, -0.25) is 0 Å². The molecule has 2 heterocycles. The lowest BCUT2D eigenvalue weighted by Gasteiger charge is -2.08. The number of aryl methyl sites for hydroxylation is 2. The van der Waals surface area contributed by atoms with Gasteiger partial charge in [0.15, 0.2) is 11.5 Å². The smallest absolute Gasteiger partial charge is 0.358 e. The third kappa shape index (κ3) is 4.55. The molecule has 2 aromatic rings. The fourth-order valence-corrected chi connectivity index (χ4v) is 2.50. The molecule has 0 atom stereocenters. The molecule has 0 amide bonds. The molecule has 0 spiro atoms. The number of rotatable bonds is 7. The van der Waals surface area contributed by atoms with Crippen molar-refractivity contribution in [1.82, 2.24) is 14.8 Å². The summed E-state index contributed by atoms with van der Waals surface area (Å²) < 4.78 is 6.95. The molecule has 0 aliphatic rings. The molecular weight excluding hydrogens is 314 g/mol. The molecule has 23 heavy (non-hydrogen) atoms. The molecule has 2 rings (SSSR count). The number of carbonyl (C=O) groups excluding carboxylic acids is 1. The van der Waals surface area contributed by atoms with Crippen LogP contribution in [0, 0.1) is 13.8 Å². The maximum absolute atomic E-state index is 12.2. The van der Waals surface area contributed by atoms with Crippen molar-refractivity contribution in [2.45, 2.75) is 46.5 Å². The number of hydrogen-bond acceptors (Lipinski definition) is 4. The number of halogens is 1. The van der Waals surface area contributed by atoms with Gasteiger partial charge in [-0.25, -0.2) is 14.5 Å². The highest BCUT2D eigenvalue weighted by Crippen LogP contribution is 2.18. The third-order valence-electron chi connectivity index (χ3n) is 3.48. The molecule has 0 saturated heterocycles. The number of aromatic nitrogens is 3. The first-order valence-electron chi connectivity index (χ1n) is 7.90. The van der Waals surface area contributed by atoms with Gasteiger partial charge >= 0.3 is 5.97 Å². The number of hydrogen-bond donors (Lipinski definition) is 0. The van der Waals surface area contributed by atoms with Crippen LogP contribution in [0.1, 0.15) is 54.5 Å². The van der Waals surface area contributed by atoms with Crippen molar-refractivity contribution in [2.24, 2.45) is 0 Å². The summed E-state index contributed by atoms with van der Waals surface area (Å²) >= 11 is 6.09. The van der Waals surface area contributed by atoms with Gasteiger partial charge in [0.1, 0.15) is 0 Å². The maximum atomic E-state index is 12.2. The Bertz CT molecular complexity index is 682. The second-order valence-corrected chi connectivity index (χ2v) is 5.94. The first-order chi connectivity index (χ1) is 11.0. The highest BCUT2D eigenvalue weighted by Gasteiger charge is 2.16. The number of esters is 1. The van der Waals surface area contributed by atoms with Gasteiger partial charge in [-0.1, -0.05) is 37.8 Å². The van der Waals surface area contributed by atoms with Crippen LogP contribution < -0.4 is 0 Å². The average molecular weight is 336 g/mol. The van der Waals surface area contributed by atoms with Crippen LogP contribution in [0.25, 0.3) is 5.82 Å². The molecule has 0 unspecified atom stereocenters. The first-order valence-corrected chi connectivity index (χ1v) is 8.28. The molecule has 6 heteroatoms. The highest BCUT2D eigenvalue weighted by atomic mass is 35.5. The Labute approximate surface area is 141 Å². The summed E-state index contributed by atoms with van der Waals surface area (Å²) in [7, 11) is 0. The van der Waals surface area contributed by atoms with Gasteiger partial charge in [0.05, 0.1) is 17.3 Å². The minimum absolute atomic E-state index is 0.132. The number of nitrogens with zero attached hydrogens (tertiary/aromatic N) is 3. The largest absolute Gasteiger partial charge is 0.461 e. The summed E-state index contributed by atoms with van der Waals surface area (Å²) in [5.41, 5.74) is 1.96. The van der Waals surface area contributed by atoms with E-state index in [1.807, 2.05) is 19.9 Å². The number of ether oxygens (including phenoxy) is 1. The zero-order chi connectivity index (χ0) is 16.8. The van der Waals surface area contributed by atoms with Crippen LogP contribution in [-0.4, -0.2) is 27.3 Å². The normalized spacial score (nSPS) is 10.8. The zero-order valence-corrected chi connectivity index (χ0v) is 14.6. The Hall–Kier alpha value is -1.88. The SMILES string of the molecule is CCCCCCOC(=O)c1nc(-n2nc(C)cc2C)ccc1Cl. The second-order valence-electron chi connectivity index (χ2n) is 5.54. The van der Waals surface area contributed by atoms with Crippen LogP contribution in [-0.2, 0) is 4.74 Å². The zero-order valence-electron chi connectivity index (χ0n) is 13.8. The van der Waals surface area contributed by atoms with Gasteiger partial charge < -0.3 is 4.74 Å². The minimum Gasteiger partial charge on any atom is -0.461 e. The Balaban J connectivity index is 2.11. The van der Waals surface area contributed by atoms with Crippen LogP contribution >= 0.6 is 11.6 Å². The lowest BCUT2D eigenvalue weighted by molar-refractivity contribution is 0.0491. The first kappa shape index (κ1) is 17.5. The van der Waals surface area contributed by atoms with Crippen molar-refractivity contribution in [1.29, 1.82) is 0 Å². The molecule has 0 N–H and O–H groups in total. The van der Waals surface area contributed by atoms with E-state index in [-0.39, 0.29) is 10.7 Å². The molecule has 0 aromatic carbocycles. The Morgan fingerprint density at radius 1 is 1.26 bits per heavy atom. The van der Waals surface area contributed by atoms with E-state index in [4.69, 9.17) is 16.3 Å². The average Bonchev–Trinajstić information content (AvgIpc) is 2.86. The van der Waals surface area contributed by atoms with Crippen molar-refractivity contribution in [2.75, 3.05) is 6.61 Å². The standard InChI is InChI=1S/C17H22ClN3O2/c1-4-5-6-7-10-23-17(22)16-14(18)8-9-15(19-16)21-13(3)11-12(2)20-21/h8-9,11H,4-7,10H2,1-3H3. The van der Waals surface area contributed by atoms with E-state index in [0.29, 0.717) is 12.4 Å². The van der Waals surface area contributed by atoms with Crippen LogP contribution in [0.2, 0.25) is 5.02 Å². The number of unbranched alkanes of at least 4 members (excludes halogenated alkanes) is 3. The maximum Gasteiger partial charge on any atom is 0.358 e. The molecular formula is C17H22ClN3O2. The van der Waals surface area contributed by atoms with Crippen molar-refractivity contribution < 1.29 is 9.53 Å². The van der Waals surface area contributed by atoms with Crippen molar-refractivity contribution in [3.63, 3.8) is 0 Å². The monoisotopic (exact) mass is 335 g/mol. The van der Waals surface area contributed by atoms with Gasteiger partial charge in [-0.2, -0.15) is 5.10 Å². The van der Waals surface area contributed by atoms with Gasteiger partial charge in [-0.15, -0.1) is 0 Å². The molecule has 0 radical (unpaired) electrons. The predicted octanol–water partition coefficient (Wildman–Crippen LogP) is 4.27. The highest BCUT2D eigenvalue weighted by molar-refractivity contribution is 6.33. The summed E-state index contributed by atoms with van der Waals surface area (Å²) in [5, 5.41) is 4.65. The lowest BCUT2D eigenvalue weighted by atomic mass is 10.2. The Kier molecular flexibility index (Phi) is 6.16. The lowest BCUT2D eigenvalue weighted by Crippen LogP contribution is -2.12. The molecule has 0 fully saturated rings. The molecule has 2 aromatic heterocycles. The number of pyridine rings is 1. The van der Waals surface area contributed by atoms with E-state index in [9.17, 15) is 4.79 Å². The summed E-state index contributed by atoms with van der Waals surface area (Å²) in [6.07, 6.45) is 4.20. The molecule has 0 aliphatic heterocycles. The van der Waals surface area contributed by atoms with E-state index in [1.54, 1.807) is 16.8 Å². The van der Waals surface area contributed by atoms with Crippen LogP contribution in [0.3, 0.4) is 0 Å². The fraction of sp³-hybridized carbons (Fsp3) is 0.471. The van der Waals surface area contributed by atoms with Crippen LogP contribution in [0.4, 0.5) is 0 Å². The van der Waals surface area contributed by atoms with E-state index in [2.05, 4.69) is 17.0 Å². The summed E-state index contributed by atoms with van der Waals surface area (Å²) in [6, 6.07) is 5.33. The van der Waals surface area contributed by atoms with Crippen molar-refractivity contribution in [3.05, 3.63) is 40.3 Å². The van der Waals surface area contributed by atoms with Gasteiger partial charge in [0, 0.05) is 5.69 Å². The third-order valence-corrected chi connectivity index (χ3v) is 3.79. The quantitative estimate of drug-likeness (QED) is 0.560. The molecule has 5 nitrogen and oxygen atoms in total. The van der Waals surface area contributed by atoms with E-state index >= 15 is 0 Å². The predicted molar refractivity (Wildman–Crippen MR) is 90.3 cm³/mol. The summed E-state index contributed by atoms with van der Waals surface area (Å²) in [6.45, 7) is 6.37. The van der Waals surface area contributed by atoms with Crippen LogP contribution in [0.15, 0.2) is 18.2 Å². The van der Waals surface area contributed by atoms with E-state index in [0.717, 1.165) is 37.1 Å². The van der Waals surface area contributed by atoms with E-state index < -0.39 is 5.97 Å². The topological polar surface area (TPSA) is 57.0 Å². The molecule has 0 aliphatic carbocycles. The molecule has 0 bridgehead atoms. The van der Waals surface area contributed by atoms with Gasteiger partial charge in [-0.05, 0) is 38.5 Å². The minimum atomic E-state index is -0.491. The summed E-state index contributed by atoms with van der Waals surface area (Å²) in [4.78, 5) is 16.5. The Morgan fingerprint density at radius 3 is 2.70 bits per heavy atom. The van der Waals surface area contributed by atoms with Crippen molar-refractivity contribution >= 4 is 17.6 Å². The Morgan fingerprint density at radius 2 is 2.04 bits per heavy atom. The second kappa shape index (κ2) is 8.11. The van der Waals surface area contributed by atoms with Gasteiger partial charge in [0.25, 0.3) is 0 Å².